The minimum atomic E-state index is 0. The largest absolute Gasteiger partial charge is 0.347 e. The van der Waals surface area contributed by atoms with Crippen LogP contribution in [0, 0.1) is 0 Å². The molecule has 1 N–H and O–H groups in total. The van der Waals surface area contributed by atoms with Gasteiger partial charge >= 0.3 is 0 Å². The van der Waals surface area contributed by atoms with Gasteiger partial charge in [0.25, 0.3) is 0 Å². The number of piperazine rings is 1. The van der Waals surface area contributed by atoms with Crippen LogP contribution < -0.4 is 5.32 Å². The highest BCUT2D eigenvalue weighted by molar-refractivity contribution is 8.14. The van der Waals surface area contributed by atoms with Crippen molar-refractivity contribution in [1.29, 1.82) is 0 Å². The lowest BCUT2D eigenvalue weighted by Gasteiger charge is -2.30. The zero-order chi connectivity index (χ0) is 13.1. The molecule has 3 rings (SSSR count). The third-order valence-electron chi connectivity index (χ3n) is 3.16. The van der Waals surface area contributed by atoms with Gasteiger partial charge in [-0.1, -0.05) is 35.5 Å². The quantitative estimate of drug-likeness (QED) is 0.829. The Morgan fingerprint density at radius 1 is 1.05 bits per heavy atom. The van der Waals surface area contributed by atoms with Crippen molar-refractivity contribution >= 4 is 59.1 Å². The molecule has 1 fully saturated rings. The number of thioether (sulfide) groups is 1. The second-order valence-electron chi connectivity index (χ2n) is 4.46. The molecule has 0 saturated carbocycles. The number of benzene rings is 1. The first-order valence-electron chi connectivity index (χ1n) is 6.32. The van der Waals surface area contributed by atoms with Crippen molar-refractivity contribution in [3.8, 4) is 0 Å². The molecule has 21 heavy (non-hydrogen) atoms. The molecule has 2 aliphatic heterocycles. The molecule has 2 aliphatic rings. The first-order valence-corrected chi connectivity index (χ1v) is 7.68. The Kier molecular flexibility index (Phi) is 7.84. The lowest BCUT2D eigenvalue weighted by atomic mass is 10.1. The van der Waals surface area contributed by atoms with Crippen LogP contribution in [0.2, 0.25) is 5.02 Å². The molecule has 4 nitrogen and oxygen atoms in total. The second kappa shape index (κ2) is 8.86. The van der Waals surface area contributed by atoms with E-state index in [9.17, 15) is 0 Å². The highest BCUT2D eigenvalue weighted by Crippen LogP contribution is 2.19. The van der Waals surface area contributed by atoms with Gasteiger partial charge < -0.3 is 10.2 Å². The van der Waals surface area contributed by atoms with Crippen LogP contribution in [-0.2, 0) is 0 Å². The molecule has 1 aromatic carbocycles. The first kappa shape index (κ1) is 18.6. The van der Waals surface area contributed by atoms with Gasteiger partial charge in [-0.2, -0.15) is 5.10 Å². The topological polar surface area (TPSA) is 40.0 Å². The summed E-state index contributed by atoms with van der Waals surface area (Å²) in [5.41, 5.74) is 2.11. The summed E-state index contributed by atoms with van der Waals surface area (Å²) in [6, 6.07) is 7.76. The maximum absolute atomic E-state index is 5.89. The Bertz CT molecular complexity index is 513. The fraction of sp³-hybridized carbons (Fsp3) is 0.385. The molecule has 1 saturated heterocycles. The van der Waals surface area contributed by atoms with E-state index in [1.165, 1.54) is 0 Å². The van der Waals surface area contributed by atoms with Crippen LogP contribution in [0.5, 0.6) is 0 Å². The molecule has 0 unspecified atom stereocenters. The molecule has 0 aliphatic carbocycles. The first-order chi connectivity index (χ1) is 9.33. The van der Waals surface area contributed by atoms with Crippen molar-refractivity contribution in [2.45, 2.75) is 0 Å². The summed E-state index contributed by atoms with van der Waals surface area (Å²) in [6.45, 7) is 4.07. The standard InChI is InChI=1S/C13H15ClN4S.2ClH/c14-11-3-1-10(2-4-11)12-9-19-13(17-16-12)18-7-5-15-6-8-18;;/h1-4,15H,5-9H2;2*1H. The van der Waals surface area contributed by atoms with Gasteiger partial charge in [-0.15, -0.1) is 29.9 Å². The zero-order valence-electron chi connectivity index (χ0n) is 11.3. The maximum Gasteiger partial charge on any atom is 0.186 e. The van der Waals surface area contributed by atoms with Gasteiger partial charge in [0.1, 0.15) is 0 Å². The summed E-state index contributed by atoms with van der Waals surface area (Å²) in [7, 11) is 0. The lowest BCUT2D eigenvalue weighted by Crippen LogP contribution is -2.46. The van der Waals surface area contributed by atoms with Crippen molar-refractivity contribution in [1.82, 2.24) is 10.2 Å². The van der Waals surface area contributed by atoms with E-state index < -0.39 is 0 Å². The average Bonchev–Trinajstić information content (AvgIpc) is 2.49. The van der Waals surface area contributed by atoms with Crippen molar-refractivity contribution in [2.75, 3.05) is 31.9 Å². The van der Waals surface area contributed by atoms with Crippen molar-refractivity contribution in [2.24, 2.45) is 10.2 Å². The Balaban J connectivity index is 0.00000110. The van der Waals surface area contributed by atoms with E-state index in [4.69, 9.17) is 11.6 Å². The average molecular weight is 368 g/mol. The van der Waals surface area contributed by atoms with Crippen molar-refractivity contribution in [3.63, 3.8) is 0 Å². The third kappa shape index (κ3) is 4.76. The predicted molar refractivity (Wildman–Crippen MR) is 96.8 cm³/mol. The van der Waals surface area contributed by atoms with Gasteiger partial charge in [-0.3, -0.25) is 0 Å². The highest BCUT2D eigenvalue weighted by Gasteiger charge is 2.19. The van der Waals surface area contributed by atoms with Crippen LogP contribution in [0.3, 0.4) is 0 Å². The van der Waals surface area contributed by atoms with E-state index in [0.29, 0.717) is 0 Å². The van der Waals surface area contributed by atoms with E-state index in [-0.39, 0.29) is 24.8 Å². The number of hydrogen-bond acceptors (Lipinski definition) is 5. The van der Waals surface area contributed by atoms with Gasteiger partial charge in [0.2, 0.25) is 0 Å². The molecule has 0 atom stereocenters. The van der Waals surface area contributed by atoms with E-state index in [2.05, 4.69) is 20.4 Å². The summed E-state index contributed by atoms with van der Waals surface area (Å²) in [4.78, 5) is 2.29. The Morgan fingerprint density at radius 2 is 1.71 bits per heavy atom. The van der Waals surface area contributed by atoms with Gasteiger partial charge in [0.05, 0.1) is 5.71 Å². The summed E-state index contributed by atoms with van der Waals surface area (Å²) < 4.78 is 0. The van der Waals surface area contributed by atoms with Crippen LogP contribution in [-0.4, -0.2) is 47.7 Å². The van der Waals surface area contributed by atoms with Gasteiger partial charge in [-0.05, 0) is 17.7 Å². The molecule has 0 aromatic heterocycles. The zero-order valence-corrected chi connectivity index (χ0v) is 14.5. The number of hydrogen-bond donors (Lipinski definition) is 1. The third-order valence-corrected chi connectivity index (χ3v) is 4.43. The smallest absolute Gasteiger partial charge is 0.186 e. The van der Waals surface area contributed by atoms with Gasteiger partial charge in [-0.25, -0.2) is 0 Å². The van der Waals surface area contributed by atoms with Crippen LogP contribution in [0.15, 0.2) is 34.5 Å². The highest BCUT2D eigenvalue weighted by atomic mass is 35.5. The fourth-order valence-corrected chi connectivity index (χ4v) is 3.17. The van der Waals surface area contributed by atoms with Crippen molar-refractivity contribution in [3.05, 3.63) is 34.9 Å². The molecule has 116 valence electrons. The summed E-state index contributed by atoms with van der Waals surface area (Å²) in [5, 5.41) is 13.9. The molecule has 0 radical (unpaired) electrons. The normalized spacial score (nSPS) is 18.0. The molecule has 0 spiro atoms. The second-order valence-corrected chi connectivity index (χ2v) is 5.84. The Hall–Kier alpha value is -0.460. The van der Waals surface area contributed by atoms with Crippen molar-refractivity contribution < 1.29 is 0 Å². The van der Waals surface area contributed by atoms with Crippen LogP contribution >= 0.6 is 48.2 Å². The molecule has 0 bridgehead atoms. The summed E-state index contributed by atoms with van der Waals surface area (Å²) in [5.74, 6) is 0.865. The molecule has 1 aromatic rings. The Morgan fingerprint density at radius 3 is 2.29 bits per heavy atom. The minimum Gasteiger partial charge on any atom is -0.347 e. The molecular weight excluding hydrogens is 351 g/mol. The lowest BCUT2D eigenvalue weighted by molar-refractivity contribution is 0.362. The summed E-state index contributed by atoms with van der Waals surface area (Å²) in [6.07, 6.45) is 0. The van der Waals surface area contributed by atoms with E-state index in [0.717, 1.165) is 53.4 Å². The van der Waals surface area contributed by atoms with E-state index in [1.807, 2.05) is 24.3 Å². The van der Waals surface area contributed by atoms with Crippen LogP contribution in [0.1, 0.15) is 5.56 Å². The van der Waals surface area contributed by atoms with Gasteiger partial charge in [0.15, 0.2) is 5.17 Å². The van der Waals surface area contributed by atoms with E-state index in [1.54, 1.807) is 11.8 Å². The maximum atomic E-state index is 5.89. The molecule has 0 amide bonds. The number of nitrogens with one attached hydrogen (secondary N) is 1. The van der Waals surface area contributed by atoms with Crippen LogP contribution in [0.25, 0.3) is 0 Å². The molecular formula is C13H17Cl3N4S. The van der Waals surface area contributed by atoms with Gasteiger partial charge in [0, 0.05) is 37.0 Å². The number of halogens is 3. The SMILES string of the molecule is Cl.Cl.Clc1ccc(C2=NN=C(N3CCNCC3)SC2)cc1. The monoisotopic (exact) mass is 366 g/mol. The van der Waals surface area contributed by atoms with Crippen LogP contribution in [0.4, 0.5) is 0 Å². The Labute approximate surface area is 146 Å². The number of amidine groups is 1. The fourth-order valence-electron chi connectivity index (χ4n) is 2.09. The predicted octanol–water partition coefficient (Wildman–Crippen LogP) is 2.90. The number of rotatable bonds is 1. The molecule has 8 heteroatoms. The number of nitrogens with zero attached hydrogens (tertiary/aromatic N) is 3. The molecule has 2 heterocycles. The van der Waals surface area contributed by atoms with E-state index >= 15 is 0 Å². The minimum absolute atomic E-state index is 0. The summed E-state index contributed by atoms with van der Waals surface area (Å²) >= 11 is 7.65.